The summed E-state index contributed by atoms with van der Waals surface area (Å²) in [5, 5.41) is 16.6. The summed E-state index contributed by atoms with van der Waals surface area (Å²) >= 11 is 0. The molecule has 0 bridgehead atoms. The number of hydrogen-bond acceptors (Lipinski definition) is 5. The average Bonchev–Trinajstić information content (AvgIpc) is 2.60. The van der Waals surface area contributed by atoms with E-state index in [0.717, 1.165) is 0 Å². The zero-order valence-electron chi connectivity index (χ0n) is 13.6. The molecule has 0 spiro atoms. The predicted molar refractivity (Wildman–Crippen MR) is 93.1 cm³/mol. The Bertz CT molecular complexity index is 996. The van der Waals surface area contributed by atoms with Crippen molar-refractivity contribution in [3.8, 4) is 11.8 Å². The minimum atomic E-state index is -3.85. The second kappa shape index (κ2) is 8.39. The topological polar surface area (TPSA) is 122 Å². The quantitative estimate of drug-likeness (QED) is 0.577. The number of sulfonamides is 1. The van der Waals surface area contributed by atoms with Gasteiger partial charge in [0.1, 0.15) is 17.4 Å². The summed E-state index contributed by atoms with van der Waals surface area (Å²) in [7, 11) is -3.85. The van der Waals surface area contributed by atoms with E-state index in [1.165, 1.54) is 54.6 Å². The summed E-state index contributed by atoms with van der Waals surface area (Å²) in [6, 6.07) is 12.2. The largest absolute Gasteiger partial charge is 0.435 e. The van der Waals surface area contributed by atoms with Gasteiger partial charge in [0.2, 0.25) is 10.0 Å². The summed E-state index contributed by atoms with van der Waals surface area (Å²) < 4.78 is 50.8. The van der Waals surface area contributed by atoms with E-state index in [1.807, 2.05) is 0 Å². The van der Waals surface area contributed by atoms with Crippen LogP contribution in [0.1, 0.15) is 5.56 Å². The molecule has 140 valence electrons. The fourth-order valence-electron chi connectivity index (χ4n) is 1.99. The van der Waals surface area contributed by atoms with E-state index in [9.17, 15) is 22.0 Å². The van der Waals surface area contributed by atoms with Gasteiger partial charge in [-0.1, -0.05) is 12.1 Å². The molecule has 0 heterocycles. The second-order valence-electron chi connectivity index (χ2n) is 5.14. The SMILES string of the molecule is N#C/C(=C\c1ccc(OC(F)F)cc1)C(=O)Nc1ccc(S(N)(=O)=O)cc1. The third kappa shape index (κ3) is 5.88. The highest BCUT2D eigenvalue weighted by Crippen LogP contribution is 2.18. The summed E-state index contributed by atoms with van der Waals surface area (Å²) in [4.78, 5) is 12.1. The van der Waals surface area contributed by atoms with Gasteiger partial charge in [-0.05, 0) is 48.0 Å². The molecule has 0 aliphatic heterocycles. The zero-order chi connectivity index (χ0) is 20.0. The highest BCUT2D eigenvalue weighted by atomic mass is 32.2. The molecule has 1 amide bonds. The smallest absolute Gasteiger partial charge is 0.387 e. The number of rotatable bonds is 6. The number of nitriles is 1. The highest BCUT2D eigenvalue weighted by molar-refractivity contribution is 7.89. The predicted octanol–water partition coefficient (Wildman–Crippen LogP) is 2.48. The van der Waals surface area contributed by atoms with Gasteiger partial charge in [0.15, 0.2) is 0 Å². The first-order valence-corrected chi connectivity index (χ1v) is 8.84. The first kappa shape index (κ1) is 20.0. The number of nitrogens with one attached hydrogen (secondary N) is 1. The van der Waals surface area contributed by atoms with Crippen molar-refractivity contribution >= 4 is 27.7 Å². The number of carbonyl (C=O) groups excluding carboxylic acids is 1. The van der Waals surface area contributed by atoms with E-state index in [4.69, 9.17) is 10.4 Å². The van der Waals surface area contributed by atoms with E-state index in [2.05, 4.69) is 10.1 Å². The van der Waals surface area contributed by atoms with E-state index < -0.39 is 22.5 Å². The number of carbonyl (C=O) groups is 1. The Labute approximate surface area is 153 Å². The number of ether oxygens (including phenoxy) is 1. The van der Waals surface area contributed by atoms with Crippen molar-refractivity contribution in [3.05, 3.63) is 59.7 Å². The molecule has 7 nitrogen and oxygen atoms in total. The van der Waals surface area contributed by atoms with Crippen LogP contribution in [0.4, 0.5) is 14.5 Å². The van der Waals surface area contributed by atoms with Crippen molar-refractivity contribution in [2.75, 3.05) is 5.32 Å². The number of amides is 1. The molecule has 0 atom stereocenters. The normalized spacial score (nSPS) is 11.7. The van der Waals surface area contributed by atoms with Gasteiger partial charge in [-0.25, -0.2) is 13.6 Å². The third-order valence-corrected chi connectivity index (χ3v) is 4.15. The Morgan fingerprint density at radius 3 is 2.22 bits per heavy atom. The van der Waals surface area contributed by atoms with E-state index in [1.54, 1.807) is 6.07 Å². The fraction of sp³-hybridized carbons (Fsp3) is 0.0588. The monoisotopic (exact) mass is 393 g/mol. The minimum Gasteiger partial charge on any atom is -0.435 e. The van der Waals surface area contributed by atoms with Crippen LogP contribution in [-0.2, 0) is 14.8 Å². The Balaban J connectivity index is 2.13. The lowest BCUT2D eigenvalue weighted by Gasteiger charge is -2.06. The van der Waals surface area contributed by atoms with Gasteiger partial charge in [-0.2, -0.15) is 14.0 Å². The first-order valence-electron chi connectivity index (χ1n) is 7.30. The van der Waals surface area contributed by atoms with Crippen LogP contribution in [0.15, 0.2) is 59.0 Å². The molecule has 10 heteroatoms. The van der Waals surface area contributed by atoms with Gasteiger partial charge >= 0.3 is 6.61 Å². The average molecular weight is 393 g/mol. The third-order valence-electron chi connectivity index (χ3n) is 3.22. The number of alkyl halides is 2. The van der Waals surface area contributed by atoms with Crippen molar-refractivity contribution < 1.29 is 26.7 Å². The van der Waals surface area contributed by atoms with Crippen molar-refractivity contribution in [3.63, 3.8) is 0 Å². The van der Waals surface area contributed by atoms with Gasteiger partial charge in [-0.3, -0.25) is 4.79 Å². The molecule has 3 N–H and O–H groups in total. The van der Waals surface area contributed by atoms with Crippen LogP contribution < -0.4 is 15.2 Å². The molecule has 0 radical (unpaired) electrons. The molecule has 0 aliphatic carbocycles. The summed E-state index contributed by atoms with van der Waals surface area (Å²) in [5.74, 6) is -0.784. The summed E-state index contributed by atoms with van der Waals surface area (Å²) in [6.07, 6.45) is 1.26. The van der Waals surface area contributed by atoms with Crippen molar-refractivity contribution in [2.45, 2.75) is 11.5 Å². The maximum atomic E-state index is 12.2. The molecule has 0 fully saturated rings. The standard InChI is InChI=1S/C17H13F2N3O4S/c18-17(19)26-14-5-1-11(2-6-14)9-12(10-20)16(23)22-13-3-7-15(8-4-13)27(21,24)25/h1-9,17H,(H,22,23)(H2,21,24,25)/b12-9+. The molecule has 0 saturated carbocycles. The van der Waals surface area contributed by atoms with Crippen LogP contribution in [0.5, 0.6) is 5.75 Å². The summed E-state index contributed by atoms with van der Waals surface area (Å²) in [5.41, 5.74) is 0.440. The maximum absolute atomic E-state index is 12.2. The van der Waals surface area contributed by atoms with Gasteiger partial charge in [0.25, 0.3) is 5.91 Å². The number of primary sulfonamides is 1. The van der Waals surface area contributed by atoms with E-state index in [-0.39, 0.29) is 21.9 Å². The van der Waals surface area contributed by atoms with Gasteiger partial charge in [0, 0.05) is 5.69 Å². The number of anilines is 1. The minimum absolute atomic E-state index is 0.0555. The number of benzene rings is 2. The number of nitrogens with two attached hydrogens (primary N) is 1. The number of nitrogens with zero attached hydrogens (tertiary/aromatic N) is 1. The van der Waals surface area contributed by atoms with Gasteiger partial charge < -0.3 is 10.1 Å². The van der Waals surface area contributed by atoms with Crippen LogP contribution in [0.2, 0.25) is 0 Å². The molecular weight excluding hydrogens is 380 g/mol. The molecule has 2 aromatic carbocycles. The Kier molecular flexibility index (Phi) is 6.23. The Hall–Kier alpha value is -3.29. The van der Waals surface area contributed by atoms with E-state index >= 15 is 0 Å². The molecular formula is C17H13F2N3O4S. The zero-order valence-corrected chi connectivity index (χ0v) is 14.4. The van der Waals surface area contributed by atoms with Crippen LogP contribution in [0.3, 0.4) is 0 Å². The number of halogens is 2. The van der Waals surface area contributed by atoms with Crippen molar-refractivity contribution in [1.82, 2.24) is 0 Å². The molecule has 0 saturated heterocycles. The maximum Gasteiger partial charge on any atom is 0.387 e. The highest BCUT2D eigenvalue weighted by Gasteiger charge is 2.12. The van der Waals surface area contributed by atoms with Crippen LogP contribution in [0.25, 0.3) is 6.08 Å². The molecule has 0 unspecified atom stereocenters. The number of hydrogen-bond donors (Lipinski definition) is 2. The van der Waals surface area contributed by atoms with E-state index in [0.29, 0.717) is 5.56 Å². The molecule has 2 rings (SSSR count). The lowest BCUT2D eigenvalue weighted by atomic mass is 10.1. The molecule has 27 heavy (non-hydrogen) atoms. The van der Waals surface area contributed by atoms with Crippen LogP contribution >= 0.6 is 0 Å². The van der Waals surface area contributed by atoms with Crippen LogP contribution in [-0.4, -0.2) is 20.9 Å². The van der Waals surface area contributed by atoms with Crippen molar-refractivity contribution in [2.24, 2.45) is 5.14 Å². The van der Waals surface area contributed by atoms with Gasteiger partial charge in [-0.15, -0.1) is 0 Å². The fourth-order valence-corrected chi connectivity index (χ4v) is 2.50. The van der Waals surface area contributed by atoms with Gasteiger partial charge in [0.05, 0.1) is 4.90 Å². The lowest BCUT2D eigenvalue weighted by Crippen LogP contribution is -2.14. The second-order valence-corrected chi connectivity index (χ2v) is 6.70. The summed E-state index contributed by atoms with van der Waals surface area (Å²) in [6.45, 7) is -2.95. The Morgan fingerprint density at radius 1 is 1.15 bits per heavy atom. The van der Waals surface area contributed by atoms with Crippen LogP contribution in [0, 0.1) is 11.3 Å². The Morgan fingerprint density at radius 2 is 1.74 bits per heavy atom. The molecule has 0 aromatic heterocycles. The molecule has 0 aliphatic rings. The lowest BCUT2D eigenvalue weighted by molar-refractivity contribution is -0.112. The molecule has 2 aromatic rings. The first-order chi connectivity index (χ1) is 12.7. The van der Waals surface area contributed by atoms with Crippen molar-refractivity contribution in [1.29, 1.82) is 5.26 Å².